The van der Waals surface area contributed by atoms with E-state index in [4.69, 9.17) is 36.0 Å². The number of para-hydroxylation sites is 2. The number of nitrogens with one attached hydrogen (secondary N) is 5. The van der Waals surface area contributed by atoms with E-state index in [1.165, 1.54) is 36.0 Å². The number of imide groups is 1. The quantitative estimate of drug-likeness (QED) is 0.0160. The maximum absolute atomic E-state index is 14.4. The van der Waals surface area contributed by atoms with Crippen molar-refractivity contribution in [1.29, 1.82) is 0 Å². The maximum atomic E-state index is 14.4. The zero-order valence-corrected chi connectivity index (χ0v) is 51.2. The predicted molar refractivity (Wildman–Crippen MR) is 337 cm³/mol. The summed E-state index contributed by atoms with van der Waals surface area (Å²) in [5.74, 6) is -1.83. The van der Waals surface area contributed by atoms with Crippen molar-refractivity contribution >= 4 is 110 Å². The second-order valence-corrected chi connectivity index (χ2v) is 22.4. The lowest BCUT2D eigenvalue weighted by Gasteiger charge is -2.25. The van der Waals surface area contributed by atoms with Gasteiger partial charge >= 0.3 is 18.2 Å². The Labute approximate surface area is 519 Å². The molecule has 0 saturated heterocycles. The van der Waals surface area contributed by atoms with Crippen LogP contribution in [-0.2, 0) is 35.3 Å². The summed E-state index contributed by atoms with van der Waals surface area (Å²) in [7, 11) is 6.94. The second-order valence-electron chi connectivity index (χ2n) is 22.1. The monoisotopic (exact) mass is 1240 g/mol. The molecule has 1 unspecified atom stereocenters. The molecule has 470 valence electrons. The molecule has 89 heavy (non-hydrogen) atoms. The number of nitrogens with zero attached hydrogens (tertiary/aromatic N) is 5. The molecule has 6 aromatic rings. The van der Waals surface area contributed by atoms with E-state index in [1.54, 1.807) is 77.7 Å². The van der Waals surface area contributed by atoms with Gasteiger partial charge in [-0.1, -0.05) is 62.4 Å². The molecule has 0 radical (unpaired) electrons. The molecule has 0 bridgehead atoms. The van der Waals surface area contributed by atoms with Crippen molar-refractivity contribution in [2.24, 2.45) is 11.7 Å². The number of hydrogen-bond acceptors (Lipinski definition) is 15. The van der Waals surface area contributed by atoms with E-state index in [2.05, 4.69) is 26.6 Å². The number of ether oxygens (including phenoxy) is 3. The van der Waals surface area contributed by atoms with Gasteiger partial charge < -0.3 is 60.7 Å². The van der Waals surface area contributed by atoms with E-state index in [0.717, 1.165) is 22.4 Å². The van der Waals surface area contributed by atoms with Crippen LogP contribution in [0, 0.1) is 5.92 Å². The van der Waals surface area contributed by atoms with Gasteiger partial charge in [-0.15, -0.1) is 11.6 Å². The first kappa shape index (κ1) is 65.5. The minimum atomic E-state index is -1.04. The van der Waals surface area contributed by atoms with Crippen molar-refractivity contribution in [1.82, 2.24) is 31.1 Å². The van der Waals surface area contributed by atoms with Crippen molar-refractivity contribution in [3.05, 3.63) is 132 Å². The highest BCUT2D eigenvalue weighted by molar-refractivity contribution is 6.19. The molecule has 25 heteroatoms. The van der Waals surface area contributed by atoms with Crippen LogP contribution < -0.4 is 56.5 Å². The summed E-state index contributed by atoms with van der Waals surface area (Å²) in [4.78, 5) is 125. The lowest BCUT2D eigenvalue weighted by atomic mass is 9.95. The second kappa shape index (κ2) is 30.4. The van der Waals surface area contributed by atoms with Gasteiger partial charge in [0.25, 0.3) is 17.7 Å². The predicted octanol–water partition coefficient (Wildman–Crippen LogP) is 7.22. The molecule has 5 aromatic carbocycles. The number of urea groups is 1. The van der Waals surface area contributed by atoms with E-state index < -0.39 is 59.8 Å². The molecule has 0 aliphatic carbocycles. The summed E-state index contributed by atoms with van der Waals surface area (Å²) in [5.41, 5.74) is 8.70. The summed E-state index contributed by atoms with van der Waals surface area (Å²) in [6.07, 6.45) is 1.64. The third kappa shape index (κ3) is 16.8. The van der Waals surface area contributed by atoms with Gasteiger partial charge in [0, 0.05) is 106 Å². The summed E-state index contributed by atoms with van der Waals surface area (Å²) in [6.45, 7) is 5.62. The van der Waals surface area contributed by atoms with Crippen LogP contribution in [0.1, 0.15) is 67.1 Å². The highest BCUT2D eigenvalue weighted by Gasteiger charge is 2.37. The molecule has 0 fully saturated rings. The normalized spacial score (nSPS) is 14.2. The van der Waals surface area contributed by atoms with Crippen LogP contribution in [0.15, 0.2) is 120 Å². The summed E-state index contributed by atoms with van der Waals surface area (Å²) < 4.78 is 23.9. The number of amides is 10. The third-order valence-electron chi connectivity index (χ3n) is 15.0. The van der Waals surface area contributed by atoms with Crippen molar-refractivity contribution in [3.63, 3.8) is 0 Å². The molecule has 0 spiro atoms. The van der Waals surface area contributed by atoms with Gasteiger partial charge in [-0.2, -0.15) is 0 Å². The first-order chi connectivity index (χ1) is 42.7. The Bertz CT molecular complexity index is 3610. The molecule has 3 atom stereocenters. The van der Waals surface area contributed by atoms with Gasteiger partial charge in [-0.3, -0.25) is 43.5 Å². The van der Waals surface area contributed by atoms with Crippen molar-refractivity contribution < 1.29 is 61.8 Å². The Balaban J connectivity index is 0.867. The number of primary amides is 1. The Morgan fingerprint density at radius 1 is 0.775 bits per heavy atom. The summed E-state index contributed by atoms with van der Waals surface area (Å²) >= 11 is 6.60. The number of benzene rings is 5. The minimum Gasteiger partial charge on any atom is -0.492 e. The SMILES string of the molecule is CC(C)[C@H](NCCNC(=O)CCCN1C(=O)C=CC1=O)C(=O)NC(CCCNC(N)=O)C(=O)Nc1ccc(COC(=O)N(C)c2ccccc2N(C)C(=O)Oc2cc3c(c4ccccc24)[C@H](CCl)CN3C(=O)c2cc3cc(OCCN(C)C)ccc3o2)cc1. The number of fused-ring (bicyclic) bond motifs is 4. The number of anilines is 4. The van der Waals surface area contributed by atoms with Crippen LogP contribution in [0.25, 0.3) is 21.7 Å². The van der Waals surface area contributed by atoms with Crippen LogP contribution in [0.3, 0.4) is 0 Å². The Morgan fingerprint density at radius 2 is 1.46 bits per heavy atom. The number of halogens is 1. The van der Waals surface area contributed by atoms with Gasteiger partial charge in [0.15, 0.2) is 5.76 Å². The van der Waals surface area contributed by atoms with E-state index >= 15 is 0 Å². The zero-order chi connectivity index (χ0) is 63.9. The van der Waals surface area contributed by atoms with Crippen molar-refractivity contribution in [2.45, 2.75) is 64.1 Å². The lowest BCUT2D eigenvalue weighted by Crippen LogP contribution is -2.54. The first-order valence-corrected chi connectivity index (χ1v) is 29.7. The standard InChI is InChI=1S/C64H74ClN11O13/c1-39(2)58(68-29-28-67-54(77)18-12-30-75-55(78)25-26-56(75)79)60(81)71-47(15-11-27-69-62(66)83)59(80)70-43-21-19-40(20-22-43)38-87-63(84)73(5)48-16-9-10-17-49(48)74(6)64(85)89-52-35-50-57(46-14-8-7-13-45(46)52)42(36-65)37-76(50)61(82)53-34-41-33-44(23-24-51(41)88-53)86-32-31-72(3)4/h7-10,13-14,16-17,19-26,33-35,39,42,47,58,68H,11-12,15,18,27-32,36-38H2,1-6H3,(H,67,77)(H,70,80)(H,71,81)(H3,66,69,83)/t42-,47?,58+/m1/s1. The number of nitrogens with two attached hydrogens (primary N) is 1. The first-order valence-electron chi connectivity index (χ1n) is 29.2. The fraction of sp³-hybridized carbons (Fsp3) is 0.359. The highest BCUT2D eigenvalue weighted by Crippen LogP contribution is 2.46. The highest BCUT2D eigenvalue weighted by atomic mass is 35.5. The number of likely N-dealkylation sites (N-methyl/N-ethyl adjacent to an activating group) is 1. The lowest BCUT2D eigenvalue weighted by molar-refractivity contribution is -0.137. The van der Waals surface area contributed by atoms with Crippen LogP contribution in [-0.4, -0.2) is 155 Å². The van der Waals surface area contributed by atoms with Crippen LogP contribution in [0.2, 0.25) is 0 Å². The molecule has 8 rings (SSSR count). The van der Waals surface area contributed by atoms with Gasteiger partial charge in [0.05, 0.1) is 23.1 Å². The minimum absolute atomic E-state index is 0.0869. The average Bonchev–Trinajstić information content (AvgIpc) is 1.78. The number of furan rings is 1. The molecular weight excluding hydrogens is 1170 g/mol. The van der Waals surface area contributed by atoms with E-state index in [0.29, 0.717) is 63.4 Å². The Morgan fingerprint density at radius 3 is 2.13 bits per heavy atom. The molecule has 0 saturated carbocycles. The van der Waals surface area contributed by atoms with E-state index in [9.17, 15) is 43.2 Å². The van der Waals surface area contributed by atoms with Gasteiger partial charge in [0.2, 0.25) is 17.7 Å². The van der Waals surface area contributed by atoms with Gasteiger partial charge in [-0.25, -0.2) is 14.4 Å². The molecule has 24 nitrogen and oxygen atoms in total. The Hall–Kier alpha value is -9.52. The molecule has 1 aromatic heterocycles. The maximum Gasteiger partial charge on any atom is 0.419 e. The van der Waals surface area contributed by atoms with E-state index in [-0.39, 0.29) is 93.7 Å². The van der Waals surface area contributed by atoms with Crippen LogP contribution >= 0.6 is 11.6 Å². The third-order valence-corrected chi connectivity index (χ3v) is 15.4. The molecule has 10 amide bonds. The zero-order valence-electron chi connectivity index (χ0n) is 50.5. The number of rotatable bonds is 28. The van der Waals surface area contributed by atoms with E-state index in [1.807, 2.05) is 63.2 Å². The van der Waals surface area contributed by atoms with Crippen LogP contribution in [0.5, 0.6) is 11.5 Å². The molecule has 2 aliphatic rings. The topological polar surface area (TPSA) is 297 Å². The van der Waals surface area contributed by atoms with Crippen molar-refractivity contribution in [2.75, 3.05) is 100.0 Å². The van der Waals surface area contributed by atoms with Crippen molar-refractivity contribution in [3.8, 4) is 11.5 Å². The van der Waals surface area contributed by atoms with Gasteiger partial charge in [-0.05, 0) is 104 Å². The fourth-order valence-corrected chi connectivity index (χ4v) is 10.6. The number of alkyl halides is 1. The summed E-state index contributed by atoms with van der Waals surface area (Å²) in [5, 5.41) is 16.1. The average molecular weight is 1240 g/mol. The fourth-order valence-electron chi connectivity index (χ4n) is 10.3. The summed E-state index contributed by atoms with van der Waals surface area (Å²) in [6, 6.07) is 26.9. The number of carbonyl (C=O) groups excluding carboxylic acids is 9. The number of carbonyl (C=O) groups is 9. The van der Waals surface area contributed by atoms with Crippen LogP contribution in [0.4, 0.5) is 37.1 Å². The smallest absolute Gasteiger partial charge is 0.419 e. The number of hydrogen-bond donors (Lipinski definition) is 6. The molecule has 2 aliphatic heterocycles. The molecule has 3 heterocycles. The van der Waals surface area contributed by atoms with Gasteiger partial charge in [0.1, 0.15) is 36.3 Å². The Kier molecular flexibility index (Phi) is 22.4. The molecule has 7 N–H and O–H groups in total. The largest absolute Gasteiger partial charge is 0.492 e. The molecular formula is C64H74ClN11O13.